The summed E-state index contributed by atoms with van der Waals surface area (Å²) >= 11 is 0. The van der Waals surface area contributed by atoms with Gasteiger partial charge < -0.3 is 27.0 Å². The zero-order valence-electron chi connectivity index (χ0n) is 13.9. The molecule has 7 heteroatoms. The monoisotopic (exact) mass is 333 g/mol. The largest absolute Gasteiger partial charge is 0.506 e. The second-order valence-electron chi connectivity index (χ2n) is 4.44. The Bertz CT molecular complexity index is 670. The van der Waals surface area contributed by atoms with Crippen LogP contribution in [-0.2, 0) is 9.59 Å². The highest BCUT2D eigenvalue weighted by Crippen LogP contribution is 2.19. The molecular formula is C17H23N3O4. The summed E-state index contributed by atoms with van der Waals surface area (Å²) in [6, 6.07) is 11.3. The molecule has 0 unspecified atom stereocenters. The van der Waals surface area contributed by atoms with Gasteiger partial charge in [-0.05, 0) is 48.9 Å². The van der Waals surface area contributed by atoms with Crippen LogP contribution in [0.5, 0.6) is 5.75 Å². The van der Waals surface area contributed by atoms with E-state index < -0.39 is 11.9 Å². The number of aromatic hydroxyl groups is 1. The van der Waals surface area contributed by atoms with Gasteiger partial charge in [-0.1, -0.05) is 19.9 Å². The lowest BCUT2D eigenvalue weighted by atomic mass is 10.2. The van der Waals surface area contributed by atoms with Crippen LogP contribution in [0.1, 0.15) is 19.4 Å². The van der Waals surface area contributed by atoms with Gasteiger partial charge in [0.1, 0.15) is 5.75 Å². The first-order valence-electron chi connectivity index (χ1n) is 7.24. The Balaban J connectivity index is 0.000000420. The summed E-state index contributed by atoms with van der Waals surface area (Å²) in [7, 11) is 0. The number of nitrogens with one attached hydrogen (secondary N) is 1. The fourth-order valence-electron chi connectivity index (χ4n) is 1.42. The molecule has 130 valence electrons. The molecule has 0 aromatic heterocycles. The third-order valence-corrected chi connectivity index (χ3v) is 2.55. The van der Waals surface area contributed by atoms with Gasteiger partial charge in [0.2, 0.25) is 0 Å². The summed E-state index contributed by atoms with van der Waals surface area (Å²) in [6.07, 6.45) is 0. The number of nitrogens with two attached hydrogens (primary N) is 2. The SMILES string of the molecule is CC.Cc1ccc(O)c(N)c1.Nc1ccc(NC(=O)C(=O)O)cc1. The molecule has 2 aromatic carbocycles. The third-order valence-electron chi connectivity index (χ3n) is 2.55. The number of rotatable bonds is 1. The summed E-state index contributed by atoms with van der Waals surface area (Å²) in [5.74, 6) is -2.43. The maximum absolute atomic E-state index is 10.7. The predicted molar refractivity (Wildman–Crippen MR) is 95.7 cm³/mol. The quantitative estimate of drug-likeness (QED) is 0.309. The van der Waals surface area contributed by atoms with Crippen molar-refractivity contribution in [1.82, 2.24) is 0 Å². The first-order chi connectivity index (χ1) is 11.3. The zero-order chi connectivity index (χ0) is 18.7. The first kappa shape index (κ1) is 20.8. The van der Waals surface area contributed by atoms with Gasteiger partial charge in [-0.15, -0.1) is 0 Å². The molecule has 0 aliphatic carbocycles. The number of phenolic OH excluding ortho intramolecular Hbond substituents is 1. The number of hydrogen-bond acceptors (Lipinski definition) is 5. The van der Waals surface area contributed by atoms with Gasteiger partial charge in [0.05, 0.1) is 5.69 Å². The van der Waals surface area contributed by atoms with Gasteiger partial charge in [-0.3, -0.25) is 4.79 Å². The predicted octanol–water partition coefficient (Wildman–Crippen LogP) is 2.60. The fraction of sp³-hybridized carbons (Fsp3) is 0.176. The summed E-state index contributed by atoms with van der Waals surface area (Å²) < 4.78 is 0. The standard InChI is InChI=1S/C8H8N2O3.C7H9NO.C2H6/c9-5-1-3-6(4-2-5)10-7(11)8(12)13;1-5-2-3-7(9)6(8)4-5;1-2/h1-4H,9H2,(H,10,11)(H,12,13);2-4,9H,8H2,1H3;1-2H3. The van der Waals surface area contributed by atoms with Crippen molar-refractivity contribution in [3.8, 4) is 5.75 Å². The van der Waals surface area contributed by atoms with Crippen LogP contribution < -0.4 is 16.8 Å². The molecule has 24 heavy (non-hydrogen) atoms. The number of phenols is 1. The van der Waals surface area contributed by atoms with Crippen molar-refractivity contribution in [3.05, 3.63) is 48.0 Å². The lowest BCUT2D eigenvalue weighted by Gasteiger charge is -2.01. The van der Waals surface area contributed by atoms with Gasteiger partial charge >= 0.3 is 11.9 Å². The highest BCUT2D eigenvalue weighted by molar-refractivity contribution is 6.36. The van der Waals surface area contributed by atoms with E-state index in [4.69, 9.17) is 21.7 Å². The molecule has 7 N–H and O–H groups in total. The number of hydrogen-bond donors (Lipinski definition) is 5. The Morgan fingerprint density at radius 2 is 1.54 bits per heavy atom. The Kier molecular flexibility index (Phi) is 9.09. The number of anilines is 3. The van der Waals surface area contributed by atoms with Gasteiger partial charge in [-0.2, -0.15) is 0 Å². The van der Waals surface area contributed by atoms with Crippen molar-refractivity contribution >= 4 is 28.9 Å². The minimum absolute atomic E-state index is 0.153. The Hall–Kier alpha value is -3.22. The highest BCUT2D eigenvalue weighted by atomic mass is 16.4. The minimum atomic E-state index is -1.52. The highest BCUT2D eigenvalue weighted by Gasteiger charge is 2.10. The van der Waals surface area contributed by atoms with Crippen LogP contribution in [-0.4, -0.2) is 22.1 Å². The molecule has 2 rings (SSSR count). The topological polar surface area (TPSA) is 139 Å². The van der Waals surface area contributed by atoms with Crippen LogP contribution >= 0.6 is 0 Å². The van der Waals surface area contributed by atoms with Crippen molar-refractivity contribution in [2.75, 3.05) is 16.8 Å². The van der Waals surface area contributed by atoms with Gasteiger partial charge in [0.15, 0.2) is 0 Å². The summed E-state index contributed by atoms with van der Waals surface area (Å²) in [5.41, 5.74) is 13.2. The molecule has 2 aromatic rings. The molecule has 7 nitrogen and oxygen atoms in total. The van der Waals surface area contributed by atoms with Crippen LogP contribution in [0.2, 0.25) is 0 Å². The van der Waals surface area contributed by atoms with Crippen molar-refractivity contribution in [1.29, 1.82) is 0 Å². The van der Waals surface area contributed by atoms with Crippen LogP contribution in [0.15, 0.2) is 42.5 Å². The zero-order valence-corrected chi connectivity index (χ0v) is 13.9. The smallest absolute Gasteiger partial charge is 0.394 e. The number of carboxylic acids is 1. The van der Waals surface area contributed by atoms with Crippen molar-refractivity contribution in [2.24, 2.45) is 0 Å². The number of carboxylic acid groups (broad SMARTS) is 1. The van der Waals surface area contributed by atoms with E-state index in [0.29, 0.717) is 17.1 Å². The van der Waals surface area contributed by atoms with E-state index in [2.05, 4.69) is 5.32 Å². The van der Waals surface area contributed by atoms with Gasteiger partial charge in [0, 0.05) is 11.4 Å². The Morgan fingerprint density at radius 1 is 1.00 bits per heavy atom. The number of aryl methyl sites for hydroxylation is 1. The summed E-state index contributed by atoms with van der Waals surface area (Å²) in [6.45, 7) is 5.93. The summed E-state index contributed by atoms with van der Waals surface area (Å²) in [4.78, 5) is 20.8. The molecule has 0 atom stereocenters. The van der Waals surface area contributed by atoms with Crippen molar-refractivity contribution in [3.63, 3.8) is 0 Å². The second kappa shape index (κ2) is 10.5. The van der Waals surface area contributed by atoms with E-state index in [1.807, 2.05) is 26.8 Å². The average molecular weight is 333 g/mol. The first-order valence-corrected chi connectivity index (χ1v) is 7.24. The molecule has 1 amide bonds. The lowest BCUT2D eigenvalue weighted by molar-refractivity contribution is -0.147. The normalized spacial score (nSPS) is 8.79. The van der Waals surface area contributed by atoms with E-state index in [1.165, 1.54) is 12.1 Å². The number of nitrogen functional groups attached to an aromatic ring is 2. The van der Waals surface area contributed by atoms with E-state index in [1.54, 1.807) is 24.3 Å². The lowest BCUT2D eigenvalue weighted by Crippen LogP contribution is -2.21. The number of carbonyl (C=O) groups excluding carboxylic acids is 1. The number of amides is 1. The maximum atomic E-state index is 10.7. The third kappa shape index (κ3) is 7.69. The average Bonchev–Trinajstić information content (AvgIpc) is 2.56. The molecule has 0 saturated carbocycles. The van der Waals surface area contributed by atoms with Crippen LogP contribution in [0, 0.1) is 6.92 Å². The molecule has 0 fully saturated rings. The molecule has 0 spiro atoms. The Morgan fingerprint density at radius 3 is 1.96 bits per heavy atom. The molecule has 0 aliphatic rings. The summed E-state index contributed by atoms with van der Waals surface area (Å²) in [5, 5.41) is 19.4. The minimum Gasteiger partial charge on any atom is -0.506 e. The number of benzene rings is 2. The van der Waals surface area contributed by atoms with Gasteiger partial charge in [0.25, 0.3) is 0 Å². The van der Waals surface area contributed by atoms with E-state index >= 15 is 0 Å². The van der Waals surface area contributed by atoms with Crippen molar-refractivity contribution < 1.29 is 19.8 Å². The maximum Gasteiger partial charge on any atom is 0.394 e. The Labute approximate surface area is 140 Å². The fourth-order valence-corrected chi connectivity index (χ4v) is 1.42. The van der Waals surface area contributed by atoms with E-state index in [-0.39, 0.29) is 5.75 Å². The number of aliphatic carboxylic acids is 1. The molecule has 0 aliphatic heterocycles. The van der Waals surface area contributed by atoms with Crippen LogP contribution in [0.25, 0.3) is 0 Å². The number of carbonyl (C=O) groups is 2. The van der Waals surface area contributed by atoms with E-state index in [0.717, 1.165) is 5.56 Å². The molecule has 0 radical (unpaired) electrons. The second-order valence-corrected chi connectivity index (χ2v) is 4.44. The molecule has 0 bridgehead atoms. The molecular weight excluding hydrogens is 310 g/mol. The van der Waals surface area contributed by atoms with E-state index in [9.17, 15) is 9.59 Å². The van der Waals surface area contributed by atoms with Crippen LogP contribution in [0.4, 0.5) is 17.1 Å². The van der Waals surface area contributed by atoms with Crippen LogP contribution in [0.3, 0.4) is 0 Å². The molecule has 0 heterocycles. The molecule has 0 saturated heterocycles. The van der Waals surface area contributed by atoms with Crippen molar-refractivity contribution in [2.45, 2.75) is 20.8 Å². The van der Waals surface area contributed by atoms with Gasteiger partial charge in [-0.25, -0.2) is 4.79 Å².